The third kappa shape index (κ3) is 16.5. The molecule has 0 amide bonds. The lowest BCUT2D eigenvalue weighted by Crippen LogP contribution is -2.18. The molecule has 0 atom stereocenters. The van der Waals surface area contributed by atoms with Gasteiger partial charge in [-0.3, -0.25) is 0 Å². The number of sulfonamides is 1. The minimum Gasteiger partial charge on any atom is -0.200 e. The van der Waals surface area contributed by atoms with Crippen LogP contribution >= 0.6 is 0 Å². The molecule has 142 valence electrons. The Morgan fingerprint density at radius 1 is 1.12 bits per heavy atom. The van der Waals surface area contributed by atoms with Crippen molar-refractivity contribution in [2.75, 3.05) is 0 Å². The van der Waals surface area contributed by atoms with Crippen molar-refractivity contribution in [2.24, 2.45) is 5.10 Å². The summed E-state index contributed by atoms with van der Waals surface area (Å²) in [5.74, 6) is 0. The Hall–Kier alpha value is -2.14. The Morgan fingerprint density at radius 3 is 2.20 bits per heavy atom. The van der Waals surface area contributed by atoms with Gasteiger partial charge in [-0.1, -0.05) is 89.8 Å². The van der Waals surface area contributed by atoms with Gasteiger partial charge in [-0.05, 0) is 25.5 Å². The van der Waals surface area contributed by atoms with Crippen LogP contribution in [0.2, 0.25) is 0 Å². The molecular formula is C20H34N2O2S. The van der Waals surface area contributed by atoms with Crippen LogP contribution in [-0.4, -0.2) is 14.6 Å². The van der Waals surface area contributed by atoms with Crippen LogP contribution in [0.5, 0.6) is 0 Å². The van der Waals surface area contributed by atoms with Crippen LogP contribution in [0.4, 0.5) is 0 Å². The molecule has 25 heavy (non-hydrogen) atoms. The number of benzene rings is 1. The molecule has 0 fully saturated rings. The summed E-state index contributed by atoms with van der Waals surface area (Å²) in [6.45, 7) is 11.5. The molecule has 1 aromatic carbocycles. The molecule has 0 saturated carbocycles. The van der Waals surface area contributed by atoms with E-state index < -0.39 is 10.0 Å². The molecule has 0 aliphatic carbocycles. The fourth-order valence-corrected chi connectivity index (χ4v) is 2.04. The SMILES string of the molecule is C.C=C/C=C\C=C/C.CC.CCC/C=N/NS(=O)(=O)c1ccccc1. The number of nitrogens with zero attached hydrogens (tertiary/aromatic N) is 1. The lowest BCUT2D eigenvalue weighted by molar-refractivity contribution is 0.584. The zero-order valence-electron chi connectivity index (χ0n) is 15.1. The van der Waals surface area contributed by atoms with E-state index in [2.05, 4.69) is 16.5 Å². The summed E-state index contributed by atoms with van der Waals surface area (Å²) in [6, 6.07) is 8.16. The van der Waals surface area contributed by atoms with Gasteiger partial charge in [-0.15, -0.1) is 0 Å². The van der Waals surface area contributed by atoms with Gasteiger partial charge >= 0.3 is 0 Å². The van der Waals surface area contributed by atoms with Crippen molar-refractivity contribution in [3.05, 3.63) is 67.3 Å². The number of rotatable bonds is 7. The van der Waals surface area contributed by atoms with Gasteiger partial charge in [0.1, 0.15) is 0 Å². The highest BCUT2D eigenvalue weighted by molar-refractivity contribution is 7.89. The van der Waals surface area contributed by atoms with Gasteiger partial charge < -0.3 is 0 Å². The van der Waals surface area contributed by atoms with Gasteiger partial charge in [0.05, 0.1) is 4.90 Å². The second kappa shape index (κ2) is 19.9. The molecule has 0 heterocycles. The quantitative estimate of drug-likeness (QED) is 0.381. The van der Waals surface area contributed by atoms with Crippen LogP contribution in [-0.2, 0) is 10.0 Å². The molecule has 4 nitrogen and oxygen atoms in total. The molecule has 0 radical (unpaired) electrons. The Labute approximate surface area is 155 Å². The summed E-state index contributed by atoms with van der Waals surface area (Å²) >= 11 is 0. The summed E-state index contributed by atoms with van der Waals surface area (Å²) in [5, 5.41) is 3.65. The number of hydrazone groups is 1. The van der Waals surface area contributed by atoms with E-state index in [0.29, 0.717) is 0 Å². The van der Waals surface area contributed by atoms with Gasteiger partial charge in [0, 0.05) is 6.21 Å². The van der Waals surface area contributed by atoms with Crippen LogP contribution < -0.4 is 4.83 Å². The van der Waals surface area contributed by atoms with Gasteiger partial charge in [0.15, 0.2) is 0 Å². The van der Waals surface area contributed by atoms with Crippen molar-refractivity contribution in [2.45, 2.75) is 52.9 Å². The van der Waals surface area contributed by atoms with Crippen LogP contribution in [0.1, 0.15) is 48.0 Å². The topological polar surface area (TPSA) is 58.5 Å². The largest absolute Gasteiger partial charge is 0.276 e. The molecular weight excluding hydrogens is 332 g/mol. The van der Waals surface area contributed by atoms with E-state index in [1.165, 1.54) is 12.1 Å². The average molecular weight is 367 g/mol. The van der Waals surface area contributed by atoms with Gasteiger partial charge in [0.2, 0.25) is 0 Å². The highest BCUT2D eigenvalue weighted by Crippen LogP contribution is 2.06. The number of hydrogen-bond donors (Lipinski definition) is 1. The van der Waals surface area contributed by atoms with E-state index in [9.17, 15) is 8.42 Å². The Bertz CT molecular complexity index is 589. The van der Waals surface area contributed by atoms with Crippen molar-refractivity contribution in [1.82, 2.24) is 4.83 Å². The molecule has 0 saturated heterocycles. The van der Waals surface area contributed by atoms with E-state index in [1.807, 2.05) is 52.0 Å². The third-order valence-corrected chi connectivity index (χ3v) is 3.52. The van der Waals surface area contributed by atoms with Crippen molar-refractivity contribution in [1.29, 1.82) is 0 Å². The standard InChI is InChI=1S/C10H14N2O2S.C7H10.C2H6.CH4/c1-2-3-9-11-12-15(13,14)10-7-5-4-6-8-10;1-3-5-7-6-4-2;1-2;/h4-9,12H,2-3H2,1H3;3-7H,1H2,2H3;1-2H3;1H4/b11-9+;6-4-,7-5-;;. The monoisotopic (exact) mass is 366 g/mol. The Kier molecular flexibility index (Phi) is 22.1. The lowest BCUT2D eigenvalue weighted by atomic mass is 10.4. The highest BCUT2D eigenvalue weighted by Gasteiger charge is 2.10. The molecule has 0 bridgehead atoms. The maximum atomic E-state index is 11.6. The second-order valence-electron chi connectivity index (χ2n) is 4.15. The molecule has 0 unspecified atom stereocenters. The predicted octanol–water partition coefficient (Wildman–Crippen LogP) is 5.72. The van der Waals surface area contributed by atoms with E-state index in [4.69, 9.17) is 0 Å². The highest BCUT2D eigenvalue weighted by atomic mass is 32.2. The van der Waals surface area contributed by atoms with Crippen molar-refractivity contribution >= 4 is 16.2 Å². The van der Waals surface area contributed by atoms with Gasteiger partial charge in [-0.2, -0.15) is 13.5 Å². The van der Waals surface area contributed by atoms with Crippen LogP contribution in [0.25, 0.3) is 0 Å². The van der Waals surface area contributed by atoms with Crippen LogP contribution in [0, 0.1) is 0 Å². The Balaban J connectivity index is -0.000000413. The minimum absolute atomic E-state index is 0. The number of hydrogen-bond acceptors (Lipinski definition) is 3. The Morgan fingerprint density at radius 2 is 1.72 bits per heavy atom. The molecule has 0 aliphatic rings. The smallest absolute Gasteiger partial charge is 0.200 e. The molecule has 0 aromatic heterocycles. The third-order valence-electron chi connectivity index (χ3n) is 2.29. The summed E-state index contributed by atoms with van der Waals surface area (Å²) in [5.41, 5.74) is 0. The fourth-order valence-electron chi connectivity index (χ4n) is 1.21. The molecule has 1 rings (SSSR count). The van der Waals surface area contributed by atoms with E-state index in [1.54, 1.807) is 30.5 Å². The first kappa shape index (κ1) is 27.7. The molecule has 1 N–H and O–H groups in total. The van der Waals surface area contributed by atoms with E-state index in [-0.39, 0.29) is 12.3 Å². The zero-order valence-corrected chi connectivity index (χ0v) is 16.0. The van der Waals surface area contributed by atoms with Crippen LogP contribution in [0.15, 0.2) is 77.3 Å². The predicted molar refractivity (Wildman–Crippen MR) is 112 cm³/mol. The maximum absolute atomic E-state index is 11.6. The minimum atomic E-state index is -3.49. The molecule has 1 aromatic rings. The normalized spacial score (nSPS) is 10.4. The number of unbranched alkanes of at least 4 members (excludes halogenated alkanes) is 1. The van der Waals surface area contributed by atoms with Crippen LogP contribution in [0.3, 0.4) is 0 Å². The maximum Gasteiger partial charge on any atom is 0.276 e. The summed E-state index contributed by atoms with van der Waals surface area (Å²) in [4.78, 5) is 2.37. The summed E-state index contributed by atoms with van der Waals surface area (Å²) in [6.07, 6.45) is 12.8. The summed E-state index contributed by atoms with van der Waals surface area (Å²) in [7, 11) is -3.49. The first-order valence-corrected chi connectivity index (χ1v) is 9.55. The van der Waals surface area contributed by atoms with E-state index >= 15 is 0 Å². The first-order chi connectivity index (χ1) is 11.6. The molecule has 5 heteroatoms. The molecule has 0 aliphatic heterocycles. The second-order valence-corrected chi connectivity index (χ2v) is 5.82. The van der Waals surface area contributed by atoms with E-state index in [0.717, 1.165) is 12.8 Å². The number of allylic oxidation sites excluding steroid dienone is 5. The lowest BCUT2D eigenvalue weighted by Gasteiger charge is -2.01. The van der Waals surface area contributed by atoms with Crippen molar-refractivity contribution in [3.63, 3.8) is 0 Å². The van der Waals surface area contributed by atoms with Gasteiger partial charge in [0.25, 0.3) is 10.0 Å². The number of nitrogens with one attached hydrogen (secondary N) is 1. The first-order valence-electron chi connectivity index (χ1n) is 8.07. The summed E-state index contributed by atoms with van der Waals surface area (Å²) < 4.78 is 23.1. The van der Waals surface area contributed by atoms with Crippen molar-refractivity contribution < 1.29 is 8.42 Å². The zero-order chi connectivity index (χ0) is 18.7. The van der Waals surface area contributed by atoms with Crippen molar-refractivity contribution in [3.8, 4) is 0 Å². The average Bonchev–Trinajstić information content (AvgIpc) is 2.62. The van der Waals surface area contributed by atoms with Gasteiger partial charge in [-0.25, -0.2) is 4.83 Å². The molecule has 0 spiro atoms. The fraction of sp³-hybridized carbons (Fsp3) is 0.350.